The molecule has 0 aliphatic carbocycles. The molecule has 0 aromatic heterocycles. The number of nitrogens with two attached hydrogens (primary N) is 1. The summed E-state index contributed by atoms with van der Waals surface area (Å²) >= 11 is 0. The normalized spacial score (nSPS) is 18.3. The number of hydrogen-bond acceptors (Lipinski definition) is 3. The molecule has 5 heteroatoms. The van der Waals surface area contributed by atoms with Gasteiger partial charge in [-0.15, -0.1) is 0 Å². The maximum absolute atomic E-state index is 13.4. The molecular weight excluding hydrogens is 250 g/mol. The Morgan fingerprint density at radius 3 is 2.58 bits per heavy atom. The molecule has 0 saturated carbocycles. The van der Waals surface area contributed by atoms with Crippen LogP contribution in [0.25, 0.3) is 0 Å². The Labute approximate surface area is 112 Å². The van der Waals surface area contributed by atoms with Gasteiger partial charge in [0.2, 0.25) is 0 Å². The largest absolute Gasteiger partial charge is 0.489 e. The lowest BCUT2D eigenvalue weighted by Crippen LogP contribution is -2.46. The van der Waals surface area contributed by atoms with Gasteiger partial charge in [-0.1, -0.05) is 6.42 Å². The standard InChI is InChI=1S/C14H20F2N2O/c15-11-4-5-14(13(16)8-11)19-10-12(9-17)18-6-2-1-3-7-18/h4-5,8,12H,1-3,6-7,9-10,17H2. The molecule has 0 amide bonds. The highest BCUT2D eigenvalue weighted by Crippen LogP contribution is 2.19. The predicted octanol–water partition coefficient (Wildman–Crippen LogP) is 2.16. The molecule has 2 rings (SSSR count). The Hall–Kier alpha value is -1.20. The van der Waals surface area contributed by atoms with E-state index in [2.05, 4.69) is 4.90 Å². The van der Waals surface area contributed by atoms with Crippen molar-refractivity contribution >= 4 is 0 Å². The summed E-state index contributed by atoms with van der Waals surface area (Å²) < 4.78 is 31.7. The smallest absolute Gasteiger partial charge is 0.167 e. The second-order valence-electron chi connectivity index (χ2n) is 4.87. The predicted molar refractivity (Wildman–Crippen MR) is 70.1 cm³/mol. The maximum atomic E-state index is 13.4. The number of piperidine rings is 1. The van der Waals surface area contributed by atoms with E-state index in [9.17, 15) is 8.78 Å². The monoisotopic (exact) mass is 270 g/mol. The molecular formula is C14H20F2N2O. The van der Waals surface area contributed by atoms with Crippen LogP contribution >= 0.6 is 0 Å². The average molecular weight is 270 g/mol. The first-order valence-electron chi connectivity index (χ1n) is 6.72. The Morgan fingerprint density at radius 2 is 1.95 bits per heavy atom. The number of likely N-dealkylation sites (tertiary alicyclic amines) is 1. The zero-order valence-electron chi connectivity index (χ0n) is 10.9. The van der Waals surface area contributed by atoms with E-state index in [0.717, 1.165) is 19.2 Å². The molecule has 1 aliphatic heterocycles. The summed E-state index contributed by atoms with van der Waals surface area (Å²) in [6.07, 6.45) is 3.59. The molecule has 1 aromatic rings. The van der Waals surface area contributed by atoms with Crippen LogP contribution in [-0.4, -0.2) is 37.2 Å². The Morgan fingerprint density at radius 1 is 1.21 bits per heavy atom. The van der Waals surface area contributed by atoms with Crippen molar-refractivity contribution in [3.05, 3.63) is 29.8 Å². The van der Waals surface area contributed by atoms with Crippen molar-refractivity contribution in [2.75, 3.05) is 26.2 Å². The van der Waals surface area contributed by atoms with E-state index >= 15 is 0 Å². The molecule has 1 saturated heterocycles. The summed E-state index contributed by atoms with van der Waals surface area (Å²) in [5, 5.41) is 0. The van der Waals surface area contributed by atoms with Gasteiger partial charge in [0.25, 0.3) is 0 Å². The molecule has 1 atom stereocenters. The molecule has 1 fully saturated rings. The van der Waals surface area contributed by atoms with E-state index in [4.69, 9.17) is 10.5 Å². The van der Waals surface area contributed by atoms with Gasteiger partial charge in [-0.3, -0.25) is 4.90 Å². The molecule has 3 nitrogen and oxygen atoms in total. The van der Waals surface area contributed by atoms with Gasteiger partial charge < -0.3 is 10.5 Å². The zero-order chi connectivity index (χ0) is 13.7. The maximum Gasteiger partial charge on any atom is 0.167 e. The van der Waals surface area contributed by atoms with Gasteiger partial charge in [-0.25, -0.2) is 8.78 Å². The minimum absolute atomic E-state index is 0.0804. The summed E-state index contributed by atoms with van der Waals surface area (Å²) in [6.45, 7) is 2.83. The third-order valence-corrected chi connectivity index (χ3v) is 3.50. The average Bonchev–Trinajstić information content (AvgIpc) is 2.43. The number of halogens is 2. The van der Waals surface area contributed by atoms with E-state index in [1.165, 1.54) is 31.4 Å². The van der Waals surface area contributed by atoms with Gasteiger partial charge in [-0.2, -0.15) is 0 Å². The van der Waals surface area contributed by atoms with Crippen LogP contribution < -0.4 is 10.5 Å². The summed E-state index contributed by atoms with van der Waals surface area (Å²) in [5.41, 5.74) is 5.75. The second-order valence-corrected chi connectivity index (χ2v) is 4.87. The lowest BCUT2D eigenvalue weighted by molar-refractivity contribution is 0.116. The third-order valence-electron chi connectivity index (χ3n) is 3.50. The molecule has 1 aliphatic rings. The molecule has 0 bridgehead atoms. The van der Waals surface area contributed by atoms with Gasteiger partial charge in [0.1, 0.15) is 12.4 Å². The molecule has 1 unspecified atom stereocenters. The highest BCUT2D eigenvalue weighted by Gasteiger charge is 2.20. The first-order chi connectivity index (χ1) is 9.20. The molecule has 1 heterocycles. The van der Waals surface area contributed by atoms with E-state index in [0.29, 0.717) is 13.2 Å². The van der Waals surface area contributed by atoms with Crippen LogP contribution in [0.15, 0.2) is 18.2 Å². The Bertz CT molecular complexity index is 408. The number of rotatable bonds is 5. The third kappa shape index (κ3) is 3.88. The lowest BCUT2D eigenvalue weighted by Gasteiger charge is -2.33. The fraction of sp³-hybridized carbons (Fsp3) is 0.571. The van der Waals surface area contributed by atoms with Crippen molar-refractivity contribution in [2.24, 2.45) is 5.73 Å². The molecule has 0 spiro atoms. The van der Waals surface area contributed by atoms with Crippen molar-refractivity contribution in [1.29, 1.82) is 0 Å². The van der Waals surface area contributed by atoms with Gasteiger partial charge in [0.15, 0.2) is 11.6 Å². The van der Waals surface area contributed by atoms with Crippen LogP contribution in [0, 0.1) is 11.6 Å². The highest BCUT2D eigenvalue weighted by molar-refractivity contribution is 5.24. The molecule has 0 radical (unpaired) electrons. The number of nitrogens with zero attached hydrogens (tertiary/aromatic N) is 1. The van der Waals surface area contributed by atoms with Crippen molar-refractivity contribution in [1.82, 2.24) is 4.90 Å². The van der Waals surface area contributed by atoms with E-state index in [1.54, 1.807) is 0 Å². The number of hydrogen-bond donors (Lipinski definition) is 1. The fourth-order valence-electron chi connectivity index (χ4n) is 2.38. The Balaban J connectivity index is 1.91. The van der Waals surface area contributed by atoms with E-state index in [-0.39, 0.29) is 11.8 Å². The van der Waals surface area contributed by atoms with Gasteiger partial charge in [-0.05, 0) is 38.1 Å². The second kappa shape index (κ2) is 6.82. The topological polar surface area (TPSA) is 38.5 Å². The highest BCUT2D eigenvalue weighted by atomic mass is 19.1. The SMILES string of the molecule is NCC(COc1ccc(F)cc1F)N1CCCCC1. The molecule has 106 valence electrons. The number of ether oxygens (including phenoxy) is 1. The number of benzene rings is 1. The first-order valence-corrected chi connectivity index (χ1v) is 6.72. The van der Waals surface area contributed by atoms with Crippen molar-refractivity contribution in [3.8, 4) is 5.75 Å². The van der Waals surface area contributed by atoms with Crippen LogP contribution in [0.2, 0.25) is 0 Å². The van der Waals surface area contributed by atoms with Gasteiger partial charge in [0.05, 0.1) is 6.04 Å². The Kier molecular flexibility index (Phi) is 5.10. The van der Waals surface area contributed by atoms with Gasteiger partial charge in [0, 0.05) is 12.6 Å². The van der Waals surface area contributed by atoms with E-state index < -0.39 is 11.6 Å². The van der Waals surface area contributed by atoms with Crippen LogP contribution in [0.5, 0.6) is 5.75 Å². The van der Waals surface area contributed by atoms with Crippen molar-refractivity contribution in [2.45, 2.75) is 25.3 Å². The van der Waals surface area contributed by atoms with Crippen molar-refractivity contribution < 1.29 is 13.5 Å². The first kappa shape index (κ1) is 14.2. The van der Waals surface area contributed by atoms with Crippen LogP contribution in [0.1, 0.15) is 19.3 Å². The van der Waals surface area contributed by atoms with Crippen LogP contribution in [-0.2, 0) is 0 Å². The van der Waals surface area contributed by atoms with Gasteiger partial charge >= 0.3 is 0 Å². The minimum Gasteiger partial charge on any atom is -0.489 e. The van der Waals surface area contributed by atoms with Crippen LogP contribution in [0.3, 0.4) is 0 Å². The summed E-state index contributed by atoms with van der Waals surface area (Å²) in [6, 6.07) is 3.42. The van der Waals surface area contributed by atoms with E-state index in [1.807, 2.05) is 0 Å². The fourth-order valence-corrected chi connectivity index (χ4v) is 2.38. The molecule has 2 N–H and O–H groups in total. The van der Waals surface area contributed by atoms with Crippen LogP contribution in [0.4, 0.5) is 8.78 Å². The van der Waals surface area contributed by atoms with Crippen molar-refractivity contribution in [3.63, 3.8) is 0 Å². The summed E-state index contributed by atoms with van der Waals surface area (Å²) in [7, 11) is 0. The quantitative estimate of drug-likeness (QED) is 0.891. The minimum atomic E-state index is -0.672. The summed E-state index contributed by atoms with van der Waals surface area (Å²) in [4.78, 5) is 2.28. The zero-order valence-corrected chi connectivity index (χ0v) is 10.9. The lowest BCUT2D eigenvalue weighted by atomic mass is 10.1. The summed E-state index contributed by atoms with van der Waals surface area (Å²) in [5.74, 6) is -1.19. The molecule has 19 heavy (non-hydrogen) atoms. The molecule has 1 aromatic carbocycles.